The summed E-state index contributed by atoms with van der Waals surface area (Å²) in [4.78, 5) is 0. The largest absolute Gasteiger partial charge is 0.497 e. The summed E-state index contributed by atoms with van der Waals surface area (Å²) in [7, 11) is 1.67. The zero-order valence-electron chi connectivity index (χ0n) is 14.7. The second-order valence-electron chi connectivity index (χ2n) is 6.03. The Morgan fingerprint density at radius 3 is 2.76 bits per heavy atom. The molecule has 0 aliphatic rings. The van der Waals surface area contributed by atoms with Crippen molar-refractivity contribution >= 4 is 0 Å². The first kappa shape index (κ1) is 17.2. The number of nitrogens with zero attached hydrogens (tertiary/aromatic N) is 2. The number of halogens is 1. The third kappa shape index (κ3) is 3.88. The number of methoxy groups -OCH3 is 1. The highest BCUT2D eigenvalue weighted by Crippen LogP contribution is 2.21. The highest BCUT2D eigenvalue weighted by molar-refractivity contribution is 5.36. The maximum atomic E-state index is 13.5. The van der Waals surface area contributed by atoms with Gasteiger partial charge in [0.25, 0.3) is 0 Å². The van der Waals surface area contributed by atoms with Crippen LogP contribution in [0.1, 0.15) is 29.8 Å². The Hall–Kier alpha value is -2.66. The first-order chi connectivity index (χ1) is 12.1. The summed E-state index contributed by atoms with van der Waals surface area (Å²) in [5, 5.41) is 7.92. The van der Waals surface area contributed by atoms with Gasteiger partial charge in [-0.2, -0.15) is 5.10 Å². The molecule has 1 N–H and O–H groups in total. The summed E-state index contributed by atoms with van der Waals surface area (Å²) in [5.74, 6) is 0.584. The minimum absolute atomic E-state index is 0.119. The Morgan fingerprint density at radius 1 is 1.20 bits per heavy atom. The van der Waals surface area contributed by atoms with Crippen LogP contribution in [0.5, 0.6) is 5.75 Å². The molecule has 0 fully saturated rings. The van der Waals surface area contributed by atoms with Gasteiger partial charge in [0, 0.05) is 23.8 Å². The zero-order valence-corrected chi connectivity index (χ0v) is 14.7. The van der Waals surface area contributed by atoms with E-state index in [9.17, 15) is 4.39 Å². The molecule has 2 aromatic carbocycles. The van der Waals surface area contributed by atoms with Crippen molar-refractivity contribution in [2.45, 2.75) is 26.4 Å². The molecule has 0 aliphatic carbocycles. The van der Waals surface area contributed by atoms with E-state index >= 15 is 0 Å². The second kappa shape index (κ2) is 7.49. The monoisotopic (exact) mass is 339 g/mol. The van der Waals surface area contributed by atoms with Gasteiger partial charge in [0.1, 0.15) is 11.6 Å². The average Bonchev–Trinajstić information content (AvgIpc) is 3.01. The molecule has 25 heavy (non-hydrogen) atoms. The lowest BCUT2D eigenvalue weighted by molar-refractivity contribution is 0.414. The van der Waals surface area contributed by atoms with Gasteiger partial charge in [-0.1, -0.05) is 18.2 Å². The lowest BCUT2D eigenvalue weighted by Gasteiger charge is -2.14. The fourth-order valence-corrected chi connectivity index (χ4v) is 2.88. The Kier molecular flexibility index (Phi) is 5.14. The minimum atomic E-state index is -0.266. The number of aromatic nitrogens is 2. The van der Waals surface area contributed by atoms with Crippen molar-refractivity contribution in [1.29, 1.82) is 0 Å². The van der Waals surface area contributed by atoms with Gasteiger partial charge in [0.15, 0.2) is 0 Å². The number of rotatable bonds is 6. The van der Waals surface area contributed by atoms with Crippen molar-refractivity contribution in [3.8, 4) is 11.4 Å². The van der Waals surface area contributed by atoms with Gasteiger partial charge in [-0.15, -0.1) is 0 Å². The topological polar surface area (TPSA) is 39.1 Å². The normalized spacial score (nSPS) is 12.2. The van der Waals surface area contributed by atoms with E-state index in [-0.39, 0.29) is 11.9 Å². The van der Waals surface area contributed by atoms with Crippen molar-refractivity contribution in [2.75, 3.05) is 7.11 Å². The van der Waals surface area contributed by atoms with Crippen LogP contribution in [0.15, 0.2) is 54.7 Å². The smallest absolute Gasteiger partial charge is 0.125 e. The van der Waals surface area contributed by atoms with Crippen LogP contribution >= 0.6 is 0 Å². The SMILES string of the molecule is COc1cccc(CN[C@H](C)c2cnn(-c3cccc(F)c3)c2C)c1. The lowest BCUT2D eigenvalue weighted by atomic mass is 10.1. The Labute approximate surface area is 147 Å². The maximum absolute atomic E-state index is 13.5. The summed E-state index contributed by atoms with van der Waals surface area (Å²) >= 11 is 0. The maximum Gasteiger partial charge on any atom is 0.125 e. The van der Waals surface area contributed by atoms with Gasteiger partial charge in [-0.25, -0.2) is 9.07 Å². The van der Waals surface area contributed by atoms with Crippen molar-refractivity contribution < 1.29 is 9.13 Å². The quantitative estimate of drug-likeness (QED) is 0.732. The molecule has 0 unspecified atom stereocenters. The molecule has 0 aliphatic heterocycles. The fourth-order valence-electron chi connectivity index (χ4n) is 2.88. The molecule has 0 radical (unpaired) electrons. The van der Waals surface area contributed by atoms with Gasteiger partial charge in [0.2, 0.25) is 0 Å². The number of ether oxygens (including phenoxy) is 1. The third-order valence-electron chi connectivity index (χ3n) is 4.31. The van der Waals surface area contributed by atoms with Crippen LogP contribution in [0.2, 0.25) is 0 Å². The molecule has 0 saturated carbocycles. The molecule has 4 nitrogen and oxygen atoms in total. The van der Waals surface area contributed by atoms with E-state index in [1.165, 1.54) is 12.1 Å². The van der Waals surface area contributed by atoms with Crippen LogP contribution < -0.4 is 10.1 Å². The molecule has 3 rings (SSSR count). The number of hydrogen-bond acceptors (Lipinski definition) is 3. The summed E-state index contributed by atoms with van der Waals surface area (Å²) in [6.45, 7) is 4.82. The van der Waals surface area contributed by atoms with Crippen LogP contribution in [0, 0.1) is 12.7 Å². The summed E-state index contributed by atoms with van der Waals surface area (Å²) < 4.78 is 20.5. The molecular formula is C20H22FN3O. The van der Waals surface area contributed by atoms with E-state index in [0.717, 1.165) is 34.8 Å². The van der Waals surface area contributed by atoms with Crippen molar-refractivity contribution in [1.82, 2.24) is 15.1 Å². The predicted octanol–water partition coefficient (Wildman–Crippen LogP) is 4.18. The fraction of sp³-hybridized carbons (Fsp3) is 0.250. The van der Waals surface area contributed by atoms with E-state index in [1.54, 1.807) is 17.9 Å². The van der Waals surface area contributed by atoms with Gasteiger partial charge >= 0.3 is 0 Å². The standard InChI is InChI=1S/C20H22FN3O/c1-14(22-12-16-6-4-9-19(10-16)25-3)20-13-23-24(15(20)2)18-8-5-7-17(21)11-18/h4-11,13-14,22H,12H2,1-3H3/t14-/m1/s1. The number of nitrogens with one attached hydrogen (secondary N) is 1. The zero-order chi connectivity index (χ0) is 17.8. The van der Waals surface area contributed by atoms with Gasteiger partial charge in [-0.05, 0) is 49.7 Å². The van der Waals surface area contributed by atoms with Crippen LogP contribution in [-0.4, -0.2) is 16.9 Å². The van der Waals surface area contributed by atoms with E-state index in [4.69, 9.17) is 4.74 Å². The van der Waals surface area contributed by atoms with E-state index in [2.05, 4.69) is 23.4 Å². The van der Waals surface area contributed by atoms with Crippen LogP contribution in [0.4, 0.5) is 4.39 Å². The molecule has 0 bridgehead atoms. The van der Waals surface area contributed by atoms with Gasteiger partial charge < -0.3 is 10.1 Å². The molecule has 0 saturated heterocycles. The van der Waals surface area contributed by atoms with Crippen molar-refractivity contribution in [3.05, 3.63) is 77.4 Å². The number of benzene rings is 2. The summed E-state index contributed by atoms with van der Waals surface area (Å²) in [6.07, 6.45) is 1.84. The van der Waals surface area contributed by atoms with Gasteiger partial charge in [0.05, 0.1) is 19.0 Å². The van der Waals surface area contributed by atoms with Crippen LogP contribution in [0.3, 0.4) is 0 Å². The summed E-state index contributed by atoms with van der Waals surface area (Å²) in [6, 6.07) is 14.6. The molecule has 5 heteroatoms. The third-order valence-corrected chi connectivity index (χ3v) is 4.31. The Balaban J connectivity index is 1.73. The van der Waals surface area contributed by atoms with E-state index < -0.39 is 0 Å². The highest BCUT2D eigenvalue weighted by Gasteiger charge is 2.14. The molecule has 0 spiro atoms. The lowest BCUT2D eigenvalue weighted by Crippen LogP contribution is -2.18. The first-order valence-corrected chi connectivity index (χ1v) is 8.25. The molecule has 1 aromatic heterocycles. The first-order valence-electron chi connectivity index (χ1n) is 8.25. The Morgan fingerprint density at radius 2 is 2.00 bits per heavy atom. The van der Waals surface area contributed by atoms with Gasteiger partial charge in [-0.3, -0.25) is 0 Å². The van der Waals surface area contributed by atoms with E-state index in [1.807, 2.05) is 37.4 Å². The molecule has 1 atom stereocenters. The molecule has 1 heterocycles. The van der Waals surface area contributed by atoms with Crippen molar-refractivity contribution in [2.24, 2.45) is 0 Å². The summed E-state index contributed by atoms with van der Waals surface area (Å²) in [5.41, 5.74) is 3.97. The molecule has 130 valence electrons. The average molecular weight is 339 g/mol. The minimum Gasteiger partial charge on any atom is -0.497 e. The van der Waals surface area contributed by atoms with Crippen LogP contribution in [-0.2, 0) is 6.54 Å². The van der Waals surface area contributed by atoms with Crippen molar-refractivity contribution in [3.63, 3.8) is 0 Å². The second-order valence-corrected chi connectivity index (χ2v) is 6.03. The van der Waals surface area contributed by atoms with Crippen LogP contribution in [0.25, 0.3) is 5.69 Å². The molecule has 0 amide bonds. The Bertz CT molecular complexity index is 860. The predicted molar refractivity (Wildman–Crippen MR) is 96.5 cm³/mol. The highest BCUT2D eigenvalue weighted by atomic mass is 19.1. The number of hydrogen-bond donors (Lipinski definition) is 1. The van der Waals surface area contributed by atoms with E-state index in [0.29, 0.717) is 0 Å². The molecular weight excluding hydrogens is 317 g/mol. The molecule has 3 aromatic rings.